The zero-order valence-corrected chi connectivity index (χ0v) is 10.6. The Kier molecular flexibility index (Phi) is 5.41. The van der Waals surface area contributed by atoms with Gasteiger partial charge in [-0.15, -0.1) is 0 Å². The first-order chi connectivity index (χ1) is 8.02. The molecule has 5 heteroatoms. The number of nitrogens with two attached hydrogens (primary N) is 1. The smallest absolute Gasteiger partial charge is 0.307 e. The van der Waals surface area contributed by atoms with Gasteiger partial charge in [0.25, 0.3) is 0 Å². The Hall–Kier alpha value is -1.10. The molecule has 1 fully saturated rings. The number of carbonyl (C=O) groups excluding carboxylic acids is 2. The molecule has 17 heavy (non-hydrogen) atoms. The maximum Gasteiger partial charge on any atom is 0.307 e. The van der Waals surface area contributed by atoms with Crippen molar-refractivity contribution in [2.24, 2.45) is 11.7 Å². The van der Waals surface area contributed by atoms with Gasteiger partial charge >= 0.3 is 5.97 Å². The molecule has 0 heterocycles. The molecule has 1 rings (SSSR count). The van der Waals surface area contributed by atoms with Crippen LogP contribution in [0, 0.1) is 5.92 Å². The third kappa shape index (κ3) is 4.73. The van der Waals surface area contributed by atoms with E-state index in [1.54, 1.807) is 0 Å². The molecule has 1 atom stereocenters. The molecule has 0 bridgehead atoms. The summed E-state index contributed by atoms with van der Waals surface area (Å²) in [5.41, 5.74) is 5.28. The fourth-order valence-corrected chi connectivity index (χ4v) is 2.34. The van der Waals surface area contributed by atoms with Gasteiger partial charge in [-0.2, -0.15) is 0 Å². The van der Waals surface area contributed by atoms with Crippen molar-refractivity contribution in [1.29, 1.82) is 0 Å². The standard InChI is InChI=1S/C12H22N2O3/c1-8(7-11(15)17-2)14-10-5-3-9(4-6-10)12(13)16/h8-10,14H,3-7H2,1-2H3,(H2,13,16). The number of esters is 1. The first-order valence-corrected chi connectivity index (χ1v) is 6.15. The van der Waals surface area contributed by atoms with Crippen molar-refractivity contribution in [3.8, 4) is 0 Å². The van der Waals surface area contributed by atoms with Gasteiger partial charge in [-0.1, -0.05) is 0 Å². The van der Waals surface area contributed by atoms with Gasteiger partial charge < -0.3 is 15.8 Å². The molecule has 98 valence electrons. The number of nitrogens with one attached hydrogen (secondary N) is 1. The molecule has 0 saturated heterocycles. The van der Waals surface area contributed by atoms with Crippen molar-refractivity contribution in [3.63, 3.8) is 0 Å². The summed E-state index contributed by atoms with van der Waals surface area (Å²) in [5, 5.41) is 3.39. The van der Waals surface area contributed by atoms with Crippen LogP contribution >= 0.6 is 0 Å². The zero-order chi connectivity index (χ0) is 12.8. The average molecular weight is 242 g/mol. The van der Waals surface area contributed by atoms with E-state index in [2.05, 4.69) is 10.1 Å². The number of rotatable bonds is 5. The number of methoxy groups -OCH3 is 1. The van der Waals surface area contributed by atoms with E-state index in [4.69, 9.17) is 5.73 Å². The van der Waals surface area contributed by atoms with Crippen molar-refractivity contribution < 1.29 is 14.3 Å². The van der Waals surface area contributed by atoms with Crippen LogP contribution in [0.5, 0.6) is 0 Å². The van der Waals surface area contributed by atoms with Gasteiger partial charge in [-0.05, 0) is 32.6 Å². The second-order valence-electron chi connectivity index (χ2n) is 4.80. The molecule has 1 aliphatic rings. The van der Waals surface area contributed by atoms with Gasteiger partial charge in [0.15, 0.2) is 0 Å². The van der Waals surface area contributed by atoms with Gasteiger partial charge in [0.2, 0.25) is 5.91 Å². The lowest BCUT2D eigenvalue weighted by Crippen LogP contribution is -2.41. The Morgan fingerprint density at radius 3 is 2.41 bits per heavy atom. The predicted molar refractivity (Wildman–Crippen MR) is 64.2 cm³/mol. The van der Waals surface area contributed by atoms with Gasteiger partial charge in [0.1, 0.15) is 0 Å². The fraction of sp³-hybridized carbons (Fsp3) is 0.833. The van der Waals surface area contributed by atoms with Gasteiger partial charge in [0, 0.05) is 18.0 Å². The number of amides is 1. The number of hydrogen-bond acceptors (Lipinski definition) is 4. The molecule has 0 aromatic rings. The Bertz CT molecular complexity index is 273. The molecule has 1 saturated carbocycles. The summed E-state index contributed by atoms with van der Waals surface area (Å²) in [7, 11) is 1.40. The summed E-state index contributed by atoms with van der Waals surface area (Å²) in [6.07, 6.45) is 3.96. The summed E-state index contributed by atoms with van der Waals surface area (Å²) in [6.45, 7) is 1.97. The summed E-state index contributed by atoms with van der Waals surface area (Å²) >= 11 is 0. The largest absolute Gasteiger partial charge is 0.469 e. The van der Waals surface area contributed by atoms with Crippen LogP contribution in [0.4, 0.5) is 0 Å². The molecule has 1 amide bonds. The van der Waals surface area contributed by atoms with Crippen LogP contribution in [0.1, 0.15) is 39.0 Å². The number of ether oxygens (including phenoxy) is 1. The molecular formula is C12H22N2O3. The van der Waals surface area contributed by atoms with Crippen LogP contribution in [0.15, 0.2) is 0 Å². The second kappa shape index (κ2) is 6.59. The fourth-order valence-electron chi connectivity index (χ4n) is 2.34. The number of hydrogen-bond donors (Lipinski definition) is 2. The molecule has 3 N–H and O–H groups in total. The van der Waals surface area contributed by atoms with Crippen molar-refractivity contribution in [1.82, 2.24) is 5.32 Å². The lowest BCUT2D eigenvalue weighted by Gasteiger charge is -2.29. The van der Waals surface area contributed by atoms with Crippen LogP contribution in [0.25, 0.3) is 0 Å². The minimum atomic E-state index is -0.198. The monoisotopic (exact) mass is 242 g/mol. The summed E-state index contributed by atoms with van der Waals surface area (Å²) in [6, 6.07) is 0.489. The quantitative estimate of drug-likeness (QED) is 0.691. The molecular weight excluding hydrogens is 220 g/mol. The molecule has 5 nitrogen and oxygen atoms in total. The first kappa shape index (κ1) is 14.0. The Balaban J connectivity index is 2.25. The van der Waals surface area contributed by atoms with Gasteiger partial charge in [0.05, 0.1) is 13.5 Å². The summed E-state index contributed by atoms with van der Waals surface area (Å²) in [5.74, 6) is -0.356. The highest BCUT2D eigenvalue weighted by atomic mass is 16.5. The molecule has 0 aromatic heterocycles. The van der Waals surface area contributed by atoms with E-state index in [9.17, 15) is 9.59 Å². The third-order valence-corrected chi connectivity index (χ3v) is 3.35. The Labute approximate surface area is 102 Å². The summed E-state index contributed by atoms with van der Waals surface area (Å²) < 4.78 is 4.62. The average Bonchev–Trinajstić information content (AvgIpc) is 2.29. The molecule has 0 radical (unpaired) electrons. The van der Waals surface area contributed by atoms with E-state index in [1.807, 2.05) is 6.92 Å². The van der Waals surface area contributed by atoms with Crippen LogP contribution in [-0.2, 0) is 14.3 Å². The maximum atomic E-state index is 11.1. The molecule has 0 aromatic carbocycles. The van der Waals surface area contributed by atoms with Crippen LogP contribution in [0.3, 0.4) is 0 Å². The normalized spacial score (nSPS) is 26.2. The number of carbonyl (C=O) groups is 2. The Morgan fingerprint density at radius 2 is 1.94 bits per heavy atom. The van der Waals surface area contributed by atoms with E-state index in [0.717, 1.165) is 25.7 Å². The van der Waals surface area contributed by atoms with E-state index >= 15 is 0 Å². The SMILES string of the molecule is COC(=O)CC(C)NC1CCC(C(N)=O)CC1. The molecule has 0 spiro atoms. The topological polar surface area (TPSA) is 81.4 Å². The minimum Gasteiger partial charge on any atom is -0.469 e. The maximum absolute atomic E-state index is 11.1. The van der Waals surface area contributed by atoms with Crippen molar-refractivity contribution in [3.05, 3.63) is 0 Å². The Morgan fingerprint density at radius 1 is 1.35 bits per heavy atom. The number of primary amides is 1. The highest BCUT2D eigenvalue weighted by molar-refractivity contribution is 5.76. The second-order valence-corrected chi connectivity index (χ2v) is 4.80. The highest BCUT2D eigenvalue weighted by Gasteiger charge is 2.25. The van der Waals surface area contributed by atoms with E-state index in [1.165, 1.54) is 7.11 Å². The lowest BCUT2D eigenvalue weighted by molar-refractivity contribution is -0.141. The van der Waals surface area contributed by atoms with E-state index in [0.29, 0.717) is 12.5 Å². The molecule has 0 aliphatic heterocycles. The predicted octanol–water partition coefficient (Wildman–Crippen LogP) is 0.572. The van der Waals surface area contributed by atoms with Crippen molar-refractivity contribution >= 4 is 11.9 Å². The first-order valence-electron chi connectivity index (χ1n) is 6.15. The molecule has 1 unspecified atom stereocenters. The summed E-state index contributed by atoms with van der Waals surface area (Å²) in [4.78, 5) is 22.1. The van der Waals surface area contributed by atoms with Crippen LogP contribution in [-0.4, -0.2) is 31.1 Å². The van der Waals surface area contributed by atoms with E-state index < -0.39 is 0 Å². The molecule has 1 aliphatic carbocycles. The lowest BCUT2D eigenvalue weighted by atomic mass is 9.85. The zero-order valence-electron chi connectivity index (χ0n) is 10.6. The highest BCUT2D eigenvalue weighted by Crippen LogP contribution is 2.24. The van der Waals surface area contributed by atoms with Gasteiger partial charge in [-0.3, -0.25) is 9.59 Å². The van der Waals surface area contributed by atoms with Crippen molar-refractivity contribution in [2.75, 3.05) is 7.11 Å². The van der Waals surface area contributed by atoms with E-state index in [-0.39, 0.29) is 23.8 Å². The minimum absolute atomic E-state index is 0.0314. The van der Waals surface area contributed by atoms with Crippen LogP contribution < -0.4 is 11.1 Å². The van der Waals surface area contributed by atoms with Gasteiger partial charge in [-0.25, -0.2) is 0 Å². The van der Waals surface area contributed by atoms with Crippen molar-refractivity contribution in [2.45, 2.75) is 51.1 Å². The third-order valence-electron chi connectivity index (χ3n) is 3.35. The van der Waals surface area contributed by atoms with Crippen LogP contribution in [0.2, 0.25) is 0 Å².